The molecule has 6 nitrogen and oxygen atoms in total. The van der Waals surface area contributed by atoms with Crippen LogP contribution in [0, 0.1) is 0 Å². The van der Waals surface area contributed by atoms with Gasteiger partial charge in [0, 0.05) is 38.9 Å². The van der Waals surface area contributed by atoms with E-state index in [0.29, 0.717) is 17.5 Å². The number of para-hydroxylation sites is 4. The van der Waals surface area contributed by atoms with Crippen molar-refractivity contribution in [3.63, 3.8) is 0 Å². The fourth-order valence-corrected chi connectivity index (χ4v) is 9.20. The minimum Gasteiger partial charge on any atom is -0.455 e. The molecule has 12 aromatic rings. The third-order valence-electron chi connectivity index (χ3n) is 12.6. The summed E-state index contributed by atoms with van der Waals surface area (Å²) in [5.74, 6) is 1.47. The summed E-state index contributed by atoms with van der Waals surface area (Å²) < 4.78 is 13.0. The Kier molecular flexibility index (Phi) is 9.28. The van der Waals surface area contributed by atoms with Gasteiger partial charge in [-0.3, -0.25) is 4.98 Å². The summed E-state index contributed by atoms with van der Waals surface area (Å²) in [6, 6.07) is 67.4. The predicted molar refractivity (Wildman–Crippen MR) is 269 cm³/mol. The number of hydrogen-bond donors (Lipinski definition) is 0. The Labute approximate surface area is 381 Å². The van der Waals surface area contributed by atoms with Crippen LogP contribution in [0.4, 0.5) is 0 Å². The highest BCUT2D eigenvalue weighted by atomic mass is 16.3. The number of hydrogen-bond acceptors (Lipinski definition) is 6. The predicted octanol–water partition coefficient (Wildman–Crippen LogP) is 16.0. The van der Waals surface area contributed by atoms with Crippen molar-refractivity contribution in [2.75, 3.05) is 0 Å². The summed E-state index contributed by atoms with van der Waals surface area (Å²) in [5.41, 5.74) is 15.5. The van der Waals surface area contributed by atoms with Crippen molar-refractivity contribution in [2.24, 2.45) is 0 Å². The lowest BCUT2D eigenvalue weighted by atomic mass is 9.84. The SMILES string of the molecule is CC(C)(C)c1ccc(-c2cc(-c3ccc(-c4nc(-c5cccc6c5oc5ccccc56)nc(-c5cccc6c5oc5ccccc56)n4)cn3)ccc2-c2ccccc2-c2ccccc2)cc1. The highest BCUT2D eigenvalue weighted by molar-refractivity contribution is 6.10. The van der Waals surface area contributed by atoms with Gasteiger partial charge in [0.1, 0.15) is 22.3 Å². The Morgan fingerprint density at radius 1 is 0.348 bits per heavy atom. The largest absolute Gasteiger partial charge is 0.455 e. The lowest BCUT2D eigenvalue weighted by Crippen LogP contribution is -2.10. The van der Waals surface area contributed by atoms with Crippen molar-refractivity contribution in [3.05, 3.63) is 206 Å². The number of pyridine rings is 1. The van der Waals surface area contributed by atoms with Crippen molar-refractivity contribution < 1.29 is 8.83 Å². The van der Waals surface area contributed by atoms with E-state index in [4.69, 9.17) is 28.8 Å². The van der Waals surface area contributed by atoms with Gasteiger partial charge in [-0.2, -0.15) is 0 Å². The van der Waals surface area contributed by atoms with Crippen LogP contribution in [0.25, 0.3) is 123 Å². The first-order valence-electron chi connectivity index (χ1n) is 22.3. The zero-order chi connectivity index (χ0) is 44.4. The molecule has 0 saturated carbocycles. The lowest BCUT2D eigenvalue weighted by molar-refractivity contribution is 0.590. The number of furan rings is 2. The summed E-state index contributed by atoms with van der Waals surface area (Å²) in [6.07, 6.45) is 1.86. The molecule has 6 heteroatoms. The molecular formula is C60H42N4O2. The minimum atomic E-state index is 0.0381. The Balaban J connectivity index is 0.994. The molecule has 4 heterocycles. The van der Waals surface area contributed by atoms with E-state index in [0.717, 1.165) is 88.5 Å². The molecule has 0 atom stereocenters. The van der Waals surface area contributed by atoms with Gasteiger partial charge in [0.05, 0.1) is 16.8 Å². The van der Waals surface area contributed by atoms with Gasteiger partial charge in [0.25, 0.3) is 0 Å². The molecule has 8 aromatic carbocycles. The number of nitrogens with zero attached hydrogens (tertiary/aromatic N) is 4. The van der Waals surface area contributed by atoms with E-state index in [1.807, 2.05) is 72.9 Å². The molecule has 0 fully saturated rings. The average molecular weight is 851 g/mol. The van der Waals surface area contributed by atoms with Crippen molar-refractivity contribution in [3.8, 4) is 78.8 Å². The average Bonchev–Trinajstić information content (AvgIpc) is 3.95. The van der Waals surface area contributed by atoms with E-state index in [1.54, 1.807) is 0 Å². The molecule has 0 radical (unpaired) electrons. The zero-order valence-electron chi connectivity index (χ0n) is 36.7. The molecule has 0 unspecified atom stereocenters. The molecule has 314 valence electrons. The van der Waals surface area contributed by atoms with Crippen molar-refractivity contribution in [1.82, 2.24) is 19.9 Å². The monoisotopic (exact) mass is 850 g/mol. The van der Waals surface area contributed by atoms with Gasteiger partial charge in [-0.05, 0) is 86.8 Å². The number of rotatable bonds is 7. The number of fused-ring (bicyclic) bond motifs is 6. The van der Waals surface area contributed by atoms with Gasteiger partial charge in [0.2, 0.25) is 0 Å². The summed E-state index contributed by atoms with van der Waals surface area (Å²) in [5, 5.41) is 4.07. The molecule has 0 spiro atoms. The molecule has 0 N–H and O–H groups in total. The van der Waals surface area contributed by atoms with Crippen LogP contribution in [-0.2, 0) is 5.41 Å². The van der Waals surface area contributed by atoms with Crippen molar-refractivity contribution in [1.29, 1.82) is 0 Å². The standard InChI is InChI=1S/C60H42N4O2/c1-60(2,3)41-31-27-38(28-32-41)51-35-39(29-33-44(51)43-18-8-7-17-42(43)37-15-5-4-6-16-37)52-34-30-40(36-61-52)57-62-58(49-23-13-21-47-45-19-9-11-25-53(45)65-55(47)49)64-59(63-57)50-24-14-22-48-46-20-10-12-26-54(46)66-56(48)50/h4-36H,1-3H3. The molecule has 0 aliphatic rings. The van der Waals surface area contributed by atoms with E-state index >= 15 is 0 Å². The van der Waals surface area contributed by atoms with Gasteiger partial charge in [-0.1, -0.05) is 172 Å². The fourth-order valence-electron chi connectivity index (χ4n) is 9.20. The van der Waals surface area contributed by atoms with Crippen molar-refractivity contribution >= 4 is 43.9 Å². The first kappa shape index (κ1) is 39.1. The van der Waals surface area contributed by atoms with Crippen LogP contribution in [0.3, 0.4) is 0 Å². The minimum absolute atomic E-state index is 0.0381. The van der Waals surface area contributed by atoms with Crippen LogP contribution in [0.15, 0.2) is 209 Å². The van der Waals surface area contributed by atoms with Crippen LogP contribution in [0.1, 0.15) is 26.3 Å². The highest BCUT2D eigenvalue weighted by Crippen LogP contribution is 2.42. The van der Waals surface area contributed by atoms with E-state index in [1.165, 1.54) is 22.3 Å². The van der Waals surface area contributed by atoms with Gasteiger partial charge < -0.3 is 8.83 Å². The van der Waals surface area contributed by atoms with Crippen LogP contribution in [0.2, 0.25) is 0 Å². The van der Waals surface area contributed by atoms with Crippen LogP contribution in [-0.4, -0.2) is 19.9 Å². The van der Waals surface area contributed by atoms with Gasteiger partial charge in [-0.25, -0.2) is 15.0 Å². The van der Waals surface area contributed by atoms with Gasteiger partial charge in [0.15, 0.2) is 17.5 Å². The first-order chi connectivity index (χ1) is 32.3. The molecule has 0 aliphatic carbocycles. The first-order valence-corrected chi connectivity index (χ1v) is 22.3. The fraction of sp³-hybridized carbons (Fsp3) is 0.0667. The summed E-state index contributed by atoms with van der Waals surface area (Å²) >= 11 is 0. The normalized spacial score (nSPS) is 11.9. The van der Waals surface area contributed by atoms with E-state index in [9.17, 15) is 0 Å². The van der Waals surface area contributed by atoms with Crippen LogP contribution in [0.5, 0.6) is 0 Å². The second kappa shape index (κ2) is 15.6. The molecule has 0 saturated heterocycles. The quantitative estimate of drug-likeness (QED) is 0.159. The maximum atomic E-state index is 6.50. The molecule has 0 aliphatic heterocycles. The number of benzene rings is 8. The Morgan fingerprint density at radius 3 is 1.44 bits per heavy atom. The van der Waals surface area contributed by atoms with E-state index < -0.39 is 0 Å². The number of aromatic nitrogens is 4. The Morgan fingerprint density at radius 2 is 0.833 bits per heavy atom. The maximum absolute atomic E-state index is 6.50. The lowest BCUT2D eigenvalue weighted by Gasteiger charge is -2.20. The van der Waals surface area contributed by atoms with Gasteiger partial charge >= 0.3 is 0 Å². The molecular weight excluding hydrogens is 809 g/mol. The topological polar surface area (TPSA) is 77.8 Å². The van der Waals surface area contributed by atoms with E-state index in [-0.39, 0.29) is 5.41 Å². The summed E-state index contributed by atoms with van der Waals surface area (Å²) in [4.78, 5) is 20.6. The third-order valence-corrected chi connectivity index (χ3v) is 12.6. The Hall–Kier alpha value is -8.48. The smallest absolute Gasteiger partial charge is 0.167 e. The zero-order valence-corrected chi connectivity index (χ0v) is 36.7. The second-order valence-corrected chi connectivity index (χ2v) is 17.8. The van der Waals surface area contributed by atoms with Crippen LogP contribution >= 0.6 is 0 Å². The summed E-state index contributed by atoms with van der Waals surface area (Å²) in [6.45, 7) is 6.75. The van der Waals surface area contributed by atoms with E-state index in [2.05, 4.69) is 148 Å². The molecule has 0 amide bonds. The van der Waals surface area contributed by atoms with Crippen molar-refractivity contribution in [2.45, 2.75) is 26.2 Å². The molecule has 4 aromatic heterocycles. The molecule has 0 bridgehead atoms. The second-order valence-electron chi connectivity index (χ2n) is 17.8. The molecule has 12 rings (SSSR count). The van der Waals surface area contributed by atoms with Gasteiger partial charge in [-0.15, -0.1) is 0 Å². The summed E-state index contributed by atoms with van der Waals surface area (Å²) in [7, 11) is 0. The third kappa shape index (κ3) is 6.82. The van der Waals surface area contributed by atoms with Crippen LogP contribution < -0.4 is 0 Å². The molecule has 66 heavy (non-hydrogen) atoms. The highest BCUT2D eigenvalue weighted by Gasteiger charge is 2.22. The maximum Gasteiger partial charge on any atom is 0.167 e. The Bertz CT molecular complexity index is 3650.